The number of pyridine rings is 1. The largest absolute Gasteiger partial charge is 0.491 e. The van der Waals surface area contributed by atoms with Gasteiger partial charge in [0.25, 0.3) is 5.56 Å². The third-order valence-corrected chi connectivity index (χ3v) is 3.71. The minimum atomic E-state index is -0.197. The molecular formula is C18H19NO3. The lowest BCUT2D eigenvalue weighted by molar-refractivity contribution is 0.112. The van der Waals surface area contributed by atoms with Gasteiger partial charge in [-0.05, 0) is 68.7 Å². The summed E-state index contributed by atoms with van der Waals surface area (Å²) in [6.45, 7) is 3.97. The molecule has 0 aliphatic heterocycles. The van der Waals surface area contributed by atoms with Crippen molar-refractivity contribution in [2.75, 3.05) is 0 Å². The molecule has 0 radical (unpaired) electrons. The van der Waals surface area contributed by atoms with Crippen molar-refractivity contribution in [3.8, 4) is 17.0 Å². The molecule has 4 nitrogen and oxygen atoms in total. The molecule has 1 fully saturated rings. The standard InChI is InChI=1S/C18H19NO3/c1-12(2)22-16-8-3-13(4-9-16)17-10-5-14(11-20)18(21)19(17)15-6-7-15/h3-5,8-12,15H,6-7H2,1-2H3. The van der Waals surface area contributed by atoms with Crippen molar-refractivity contribution in [1.82, 2.24) is 4.57 Å². The topological polar surface area (TPSA) is 48.3 Å². The molecule has 114 valence electrons. The van der Waals surface area contributed by atoms with Gasteiger partial charge in [0, 0.05) is 6.04 Å². The lowest BCUT2D eigenvalue weighted by Crippen LogP contribution is -2.24. The summed E-state index contributed by atoms with van der Waals surface area (Å²) in [4.78, 5) is 23.4. The first-order valence-corrected chi connectivity index (χ1v) is 7.58. The molecule has 2 aromatic rings. The second-order valence-corrected chi connectivity index (χ2v) is 5.89. The Labute approximate surface area is 129 Å². The SMILES string of the molecule is CC(C)Oc1ccc(-c2ccc(C=O)c(=O)n2C2CC2)cc1. The second kappa shape index (κ2) is 5.79. The molecule has 1 aliphatic rings. The van der Waals surface area contributed by atoms with Crippen LogP contribution in [0, 0.1) is 0 Å². The van der Waals surface area contributed by atoms with E-state index in [1.165, 1.54) is 0 Å². The molecule has 0 spiro atoms. The predicted molar refractivity (Wildman–Crippen MR) is 85.6 cm³/mol. The summed E-state index contributed by atoms with van der Waals surface area (Å²) in [5.41, 5.74) is 1.83. The fourth-order valence-corrected chi connectivity index (χ4v) is 2.57. The van der Waals surface area contributed by atoms with Crippen molar-refractivity contribution in [1.29, 1.82) is 0 Å². The molecule has 3 rings (SSSR count). The van der Waals surface area contributed by atoms with Crippen LogP contribution in [0.3, 0.4) is 0 Å². The number of hydrogen-bond acceptors (Lipinski definition) is 3. The predicted octanol–water partition coefficient (Wildman–Crippen LogP) is 3.45. The molecular weight excluding hydrogens is 278 g/mol. The van der Waals surface area contributed by atoms with Crippen LogP contribution in [-0.2, 0) is 0 Å². The van der Waals surface area contributed by atoms with Crippen molar-refractivity contribution in [2.24, 2.45) is 0 Å². The molecule has 0 bridgehead atoms. The average Bonchev–Trinajstić information content (AvgIpc) is 3.31. The van der Waals surface area contributed by atoms with E-state index in [1.807, 2.05) is 44.2 Å². The van der Waals surface area contributed by atoms with Crippen molar-refractivity contribution in [3.05, 3.63) is 52.3 Å². The van der Waals surface area contributed by atoms with Crippen LogP contribution in [-0.4, -0.2) is 17.0 Å². The lowest BCUT2D eigenvalue weighted by atomic mass is 10.1. The summed E-state index contributed by atoms with van der Waals surface area (Å²) in [5, 5.41) is 0. The zero-order chi connectivity index (χ0) is 15.7. The van der Waals surface area contributed by atoms with Crippen LogP contribution < -0.4 is 10.3 Å². The summed E-state index contributed by atoms with van der Waals surface area (Å²) >= 11 is 0. The van der Waals surface area contributed by atoms with E-state index >= 15 is 0 Å². The molecule has 1 aromatic heterocycles. The van der Waals surface area contributed by atoms with Crippen LogP contribution in [0.4, 0.5) is 0 Å². The summed E-state index contributed by atoms with van der Waals surface area (Å²) in [6.07, 6.45) is 2.74. The first kappa shape index (κ1) is 14.6. The van der Waals surface area contributed by atoms with Crippen LogP contribution in [0.25, 0.3) is 11.3 Å². The van der Waals surface area contributed by atoms with Gasteiger partial charge in [0.2, 0.25) is 0 Å². The van der Waals surface area contributed by atoms with Crippen molar-refractivity contribution < 1.29 is 9.53 Å². The van der Waals surface area contributed by atoms with Gasteiger partial charge in [-0.25, -0.2) is 0 Å². The van der Waals surface area contributed by atoms with E-state index in [1.54, 1.807) is 10.6 Å². The van der Waals surface area contributed by atoms with E-state index < -0.39 is 0 Å². The van der Waals surface area contributed by atoms with Gasteiger partial charge in [-0.2, -0.15) is 0 Å². The minimum Gasteiger partial charge on any atom is -0.491 e. The van der Waals surface area contributed by atoms with Gasteiger partial charge in [0.05, 0.1) is 17.4 Å². The van der Waals surface area contributed by atoms with E-state index in [0.29, 0.717) is 6.29 Å². The number of carbonyl (C=O) groups is 1. The molecule has 4 heteroatoms. The highest BCUT2D eigenvalue weighted by Crippen LogP contribution is 2.37. The van der Waals surface area contributed by atoms with Gasteiger partial charge in [0.1, 0.15) is 5.75 Å². The molecule has 1 heterocycles. The third kappa shape index (κ3) is 2.82. The normalized spacial score (nSPS) is 14.1. The molecule has 22 heavy (non-hydrogen) atoms. The van der Waals surface area contributed by atoms with Gasteiger partial charge in [0.15, 0.2) is 6.29 Å². The van der Waals surface area contributed by atoms with E-state index in [9.17, 15) is 9.59 Å². The van der Waals surface area contributed by atoms with Crippen LogP contribution in [0.15, 0.2) is 41.2 Å². The molecule has 1 aromatic carbocycles. The van der Waals surface area contributed by atoms with Gasteiger partial charge < -0.3 is 9.30 Å². The van der Waals surface area contributed by atoms with Gasteiger partial charge >= 0.3 is 0 Å². The highest BCUT2D eigenvalue weighted by Gasteiger charge is 2.27. The number of nitrogens with zero attached hydrogens (tertiary/aromatic N) is 1. The van der Waals surface area contributed by atoms with E-state index in [0.717, 1.165) is 29.8 Å². The molecule has 1 aliphatic carbocycles. The molecule has 0 atom stereocenters. The number of ether oxygens (including phenoxy) is 1. The van der Waals surface area contributed by atoms with Crippen LogP contribution in [0.2, 0.25) is 0 Å². The fourth-order valence-electron chi connectivity index (χ4n) is 2.57. The Bertz CT molecular complexity index is 740. The summed E-state index contributed by atoms with van der Waals surface area (Å²) < 4.78 is 7.39. The first-order chi connectivity index (χ1) is 10.6. The van der Waals surface area contributed by atoms with Crippen LogP contribution in [0.5, 0.6) is 5.75 Å². The summed E-state index contributed by atoms with van der Waals surface area (Å²) in [6, 6.07) is 11.4. The lowest BCUT2D eigenvalue weighted by Gasteiger charge is -2.14. The fraction of sp³-hybridized carbons (Fsp3) is 0.333. The van der Waals surface area contributed by atoms with Crippen molar-refractivity contribution >= 4 is 6.29 Å². The zero-order valence-corrected chi connectivity index (χ0v) is 12.8. The van der Waals surface area contributed by atoms with Gasteiger partial charge in [-0.15, -0.1) is 0 Å². The maximum Gasteiger partial charge on any atom is 0.261 e. The second-order valence-electron chi connectivity index (χ2n) is 5.89. The Balaban J connectivity index is 2.02. The number of carbonyl (C=O) groups excluding carboxylic acids is 1. The maximum atomic E-state index is 12.4. The Hall–Kier alpha value is -2.36. The quantitative estimate of drug-likeness (QED) is 0.794. The number of rotatable bonds is 5. The van der Waals surface area contributed by atoms with Crippen LogP contribution in [0.1, 0.15) is 43.1 Å². The Kier molecular flexibility index (Phi) is 3.84. The number of benzene rings is 1. The maximum absolute atomic E-state index is 12.4. The molecule has 0 saturated heterocycles. The average molecular weight is 297 g/mol. The summed E-state index contributed by atoms with van der Waals surface area (Å²) in [7, 11) is 0. The van der Waals surface area contributed by atoms with Crippen molar-refractivity contribution in [2.45, 2.75) is 38.8 Å². The van der Waals surface area contributed by atoms with Crippen molar-refractivity contribution in [3.63, 3.8) is 0 Å². The Morgan fingerprint density at radius 3 is 2.36 bits per heavy atom. The molecule has 0 unspecified atom stereocenters. The zero-order valence-electron chi connectivity index (χ0n) is 12.8. The molecule has 0 N–H and O–H groups in total. The Morgan fingerprint density at radius 2 is 1.82 bits per heavy atom. The monoisotopic (exact) mass is 297 g/mol. The highest BCUT2D eigenvalue weighted by molar-refractivity contribution is 5.75. The van der Waals surface area contributed by atoms with Gasteiger partial charge in [-0.3, -0.25) is 9.59 Å². The number of aldehydes is 1. The third-order valence-electron chi connectivity index (χ3n) is 3.71. The Morgan fingerprint density at radius 1 is 1.14 bits per heavy atom. The van der Waals surface area contributed by atoms with E-state index in [4.69, 9.17) is 4.74 Å². The number of aromatic nitrogens is 1. The molecule has 1 saturated carbocycles. The molecule has 0 amide bonds. The minimum absolute atomic E-state index is 0.127. The van der Waals surface area contributed by atoms with E-state index in [-0.39, 0.29) is 23.3 Å². The summed E-state index contributed by atoms with van der Waals surface area (Å²) in [5.74, 6) is 0.809. The first-order valence-electron chi connectivity index (χ1n) is 7.58. The van der Waals surface area contributed by atoms with Gasteiger partial charge in [-0.1, -0.05) is 0 Å². The number of hydrogen-bond donors (Lipinski definition) is 0. The van der Waals surface area contributed by atoms with Crippen LogP contribution >= 0.6 is 0 Å². The highest BCUT2D eigenvalue weighted by atomic mass is 16.5. The van der Waals surface area contributed by atoms with E-state index in [2.05, 4.69) is 0 Å². The smallest absolute Gasteiger partial charge is 0.261 e.